The number of benzene rings is 1. The Hall–Kier alpha value is -1.91. The minimum Gasteiger partial charge on any atom is -0.473 e. The molecule has 1 aromatic carbocycles. The molecule has 3 rings (SSSR count). The lowest BCUT2D eigenvalue weighted by Crippen LogP contribution is -2.47. The molecule has 0 saturated carbocycles. The van der Waals surface area contributed by atoms with E-state index in [9.17, 15) is 0 Å². The van der Waals surface area contributed by atoms with Gasteiger partial charge in [0.05, 0.1) is 13.2 Å². The quantitative estimate of drug-likeness (QED) is 0.853. The average Bonchev–Trinajstić information content (AvgIpc) is 2.53. The molecule has 1 saturated heterocycles. The summed E-state index contributed by atoms with van der Waals surface area (Å²) in [5, 5.41) is 3.48. The zero-order chi connectivity index (χ0) is 15.3. The minimum absolute atomic E-state index is 0.291. The second kappa shape index (κ2) is 6.90. The number of pyridine rings is 1. The standard InChI is InChI=1S/C18H22N2O2/c1-18(13-21-14-18)12-19-10-16-7-8-20-17(9-16)22-11-15-5-3-2-4-6-15/h2-9,19H,10-14H2,1H3. The molecule has 0 aliphatic carbocycles. The van der Waals surface area contributed by atoms with Crippen LogP contribution in [0.3, 0.4) is 0 Å². The third-order valence-electron chi connectivity index (χ3n) is 3.81. The number of rotatable bonds is 7. The minimum atomic E-state index is 0.291. The molecule has 116 valence electrons. The lowest BCUT2D eigenvalue weighted by atomic mass is 9.89. The van der Waals surface area contributed by atoms with Gasteiger partial charge in [-0.25, -0.2) is 4.98 Å². The van der Waals surface area contributed by atoms with Crippen molar-refractivity contribution in [1.29, 1.82) is 0 Å². The van der Waals surface area contributed by atoms with Crippen LogP contribution in [0.4, 0.5) is 0 Å². The third-order valence-corrected chi connectivity index (χ3v) is 3.81. The molecule has 1 N–H and O–H groups in total. The van der Waals surface area contributed by atoms with E-state index in [1.54, 1.807) is 6.20 Å². The molecule has 0 amide bonds. The first kappa shape index (κ1) is 15.0. The Balaban J connectivity index is 1.49. The van der Waals surface area contributed by atoms with Crippen LogP contribution < -0.4 is 10.1 Å². The van der Waals surface area contributed by atoms with Crippen LogP contribution in [0.2, 0.25) is 0 Å². The molecule has 1 aromatic heterocycles. The first-order chi connectivity index (χ1) is 10.7. The summed E-state index contributed by atoms with van der Waals surface area (Å²) in [5.41, 5.74) is 2.62. The summed E-state index contributed by atoms with van der Waals surface area (Å²) < 4.78 is 11.0. The Labute approximate surface area is 131 Å². The van der Waals surface area contributed by atoms with Crippen LogP contribution in [-0.4, -0.2) is 24.7 Å². The fourth-order valence-corrected chi connectivity index (χ4v) is 2.43. The number of aromatic nitrogens is 1. The zero-order valence-electron chi connectivity index (χ0n) is 12.9. The van der Waals surface area contributed by atoms with Gasteiger partial charge in [-0.05, 0) is 17.2 Å². The van der Waals surface area contributed by atoms with Crippen molar-refractivity contribution in [3.63, 3.8) is 0 Å². The maximum atomic E-state index is 5.75. The van der Waals surface area contributed by atoms with E-state index in [-0.39, 0.29) is 0 Å². The fourth-order valence-electron chi connectivity index (χ4n) is 2.43. The van der Waals surface area contributed by atoms with Gasteiger partial charge in [0, 0.05) is 30.8 Å². The van der Waals surface area contributed by atoms with Crippen molar-refractivity contribution in [2.75, 3.05) is 19.8 Å². The van der Waals surface area contributed by atoms with Crippen LogP contribution in [-0.2, 0) is 17.9 Å². The molecule has 1 fully saturated rings. The maximum Gasteiger partial charge on any atom is 0.213 e. The van der Waals surface area contributed by atoms with Gasteiger partial charge in [0.1, 0.15) is 6.61 Å². The molecule has 22 heavy (non-hydrogen) atoms. The highest BCUT2D eigenvalue weighted by molar-refractivity contribution is 5.21. The largest absolute Gasteiger partial charge is 0.473 e. The molecule has 2 aromatic rings. The highest BCUT2D eigenvalue weighted by Crippen LogP contribution is 2.25. The molecule has 1 aliphatic heterocycles. The lowest BCUT2D eigenvalue weighted by Gasteiger charge is -2.38. The smallest absolute Gasteiger partial charge is 0.213 e. The van der Waals surface area contributed by atoms with Gasteiger partial charge in [-0.3, -0.25) is 0 Å². The highest BCUT2D eigenvalue weighted by Gasteiger charge is 2.32. The molecular formula is C18H22N2O2. The number of ether oxygens (including phenoxy) is 2. The third kappa shape index (κ3) is 4.06. The summed E-state index contributed by atoms with van der Waals surface area (Å²) in [6.07, 6.45) is 1.80. The van der Waals surface area contributed by atoms with E-state index in [0.717, 1.165) is 31.9 Å². The van der Waals surface area contributed by atoms with Crippen LogP contribution in [0.15, 0.2) is 48.7 Å². The molecule has 4 heteroatoms. The molecular weight excluding hydrogens is 276 g/mol. The molecule has 2 heterocycles. The average molecular weight is 298 g/mol. The van der Waals surface area contributed by atoms with Gasteiger partial charge in [-0.15, -0.1) is 0 Å². The SMILES string of the molecule is CC1(CNCc2ccnc(OCc3ccccc3)c2)COC1. The summed E-state index contributed by atoms with van der Waals surface area (Å²) >= 11 is 0. The Morgan fingerprint density at radius 1 is 1.18 bits per heavy atom. The molecule has 0 spiro atoms. The van der Waals surface area contributed by atoms with E-state index in [1.807, 2.05) is 42.5 Å². The van der Waals surface area contributed by atoms with E-state index in [1.165, 1.54) is 5.56 Å². The van der Waals surface area contributed by atoms with Crippen LogP contribution >= 0.6 is 0 Å². The maximum absolute atomic E-state index is 5.75. The Bertz CT molecular complexity index is 597. The number of nitrogens with zero attached hydrogens (tertiary/aromatic N) is 1. The Kier molecular flexibility index (Phi) is 4.71. The van der Waals surface area contributed by atoms with Gasteiger partial charge in [-0.1, -0.05) is 37.3 Å². The van der Waals surface area contributed by atoms with Crippen LogP contribution in [0.5, 0.6) is 5.88 Å². The predicted octanol–water partition coefficient (Wildman–Crippen LogP) is 2.79. The van der Waals surface area contributed by atoms with Gasteiger partial charge < -0.3 is 14.8 Å². The molecule has 0 unspecified atom stereocenters. The van der Waals surface area contributed by atoms with E-state index in [0.29, 0.717) is 17.9 Å². The van der Waals surface area contributed by atoms with Gasteiger partial charge in [0.2, 0.25) is 5.88 Å². The van der Waals surface area contributed by atoms with Gasteiger partial charge in [0.25, 0.3) is 0 Å². The number of hydrogen-bond donors (Lipinski definition) is 1. The van der Waals surface area contributed by atoms with Gasteiger partial charge in [-0.2, -0.15) is 0 Å². The van der Waals surface area contributed by atoms with Crippen molar-refractivity contribution < 1.29 is 9.47 Å². The second-order valence-corrected chi connectivity index (χ2v) is 6.18. The second-order valence-electron chi connectivity index (χ2n) is 6.18. The van der Waals surface area contributed by atoms with Gasteiger partial charge >= 0.3 is 0 Å². The van der Waals surface area contributed by atoms with E-state index < -0.39 is 0 Å². The Morgan fingerprint density at radius 2 is 2.00 bits per heavy atom. The molecule has 4 nitrogen and oxygen atoms in total. The molecule has 0 bridgehead atoms. The molecule has 0 radical (unpaired) electrons. The predicted molar refractivity (Wildman–Crippen MR) is 85.6 cm³/mol. The first-order valence-electron chi connectivity index (χ1n) is 7.64. The molecule has 1 aliphatic rings. The van der Waals surface area contributed by atoms with Crippen LogP contribution in [0, 0.1) is 5.41 Å². The fraction of sp³-hybridized carbons (Fsp3) is 0.389. The summed E-state index contributed by atoms with van der Waals surface area (Å²) in [7, 11) is 0. The summed E-state index contributed by atoms with van der Waals surface area (Å²) in [4.78, 5) is 4.27. The summed E-state index contributed by atoms with van der Waals surface area (Å²) in [6, 6.07) is 14.1. The van der Waals surface area contributed by atoms with E-state index in [4.69, 9.17) is 9.47 Å². The number of hydrogen-bond acceptors (Lipinski definition) is 4. The highest BCUT2D eigenvalue weighted by atomic mass is 16.5. The van der Waals surface area contributed by atoms with E-state index >= 15 is 0 Å². The number of nitrogens with one attached hydrogen (secondary N) is 1. The van der Waals surface area contributed by atoms with Crippen molar-refractivity contribution in [2.45, 2.75) is 20.1 Å². The van der Waals surface area contributed by atoms with Crippen molar-refractivity contribution in [2.24, 2.45) is 5.41 Å². The summed E-state index contributed by atoms with van der Waals surface area (Å²) in [5.74, 6) is 0.668. The van der Waals surface area contributed by atoms with Crippen molar-refractivity contribution >= 4 is 0 Å². The molecule has 0 atom stereocenters. The monoisotopic (exact) mass is 298 g/mol. The Morgan fingerprint density at radius 3 is 2.73 bits per heavy atom. The normalized spacial score (nSPS) is 16.0. The summed E-state index contributed by atoms with van der Waals surface area (Å²) in [6.45, 7) is 6.27. The van der Waals surface area contributed by atoms with E-state index in [2.05, 4.69) is 17.2 Å². The topological polar surface area (TPSA) is 43.4 Å². The van der Waals surface area contributed by atoms with Gasteiger partial charge in [0.15, 0.2) is 0 Å². The van der Waals surface area contributed by atoms with Crippen molar-refractivity contribution in [3.8, 4) is 5.88 Å². The van der Waals surface area contributed by atoms with Crippen LogP contribution in [0.1, 0.15) is 18.1 Å². The first-order valence-corrected chi connectivity index (χ1v) is 7.64. The van der Waals surface area contributed by atoms with Crippen molar-refractivity contribution in [3.05, 3.63) is 59.8 Å². The zero-order valence-corrected chi connectivity index (χ0v) is 12.9. The lowest BCUT2D eigenvalue weighted by molar-refractivity contribution is -0.0991. The van der Waals surface area contributed by atoms with Crippen LogP contribution in [0.25, 0.3) is 0 Å². The van der Waals surface area contributed by atoms with Crippen molar-refractivity contribution in [1.82, 2.24) is 10.3 Å².